The number of alkyl halides is 2. The Labute approximate surface area is 127 Å². The van der Waals surface area contributed by atoms with Crippen LogP contribution in [0.3, 0.4) is 0 Å². The second-order valence-corrected chi connectivity index (χ2v) is 5.10. The van der Waals surface area contributed by atoms with Crippen molar-refractivity contribution in [3.05, 3.63) is 59.7 Å². The zero-order chi connectivity index (χ0) is 16.1. The Kier molecular flexibility index (Phi) is 5.09. The topological polar surface area (TPSA) is 38.3 Å². The van der Waals surface area contributed by atoms with Gasteiger partial charge in [-0.25, -0.2) is 0 Å². The predicted molar refractivity (Wildman–Crippen MR) is 81.6 cm³/mol. The maximum atomic E-state index is 12.2. The average Bonchev–Trinajstić information content (AvgIpc) is 2.47. The van der Waals surface area contributed by atoms with Crippen LogP contribution in [0.4, 0.5) is 14.5 Å². The smallest absolute Gasteiger partial charge is 0.387 e. The van der Waals surface area contributed by atoms with Gasteiger partial charge in [-0.15, -0.1) is 0 Å². The van der Waals surface area contributed by atoms with Gasteiger partial charge >= 0.3 is 6.61 Å². The summed E-state index contributed by atoms with van der Waals surface area (Å²) >= 11 is 0. The van der Waals surface area contributed by atoms with Gasteiger partial charge in [-0.1, -0.05) is 32.0 Å². The molecule has 0 aliphatic rings. The lowest BCUT2D eigenvalue weighted by atomic mass is 10.0. The quantitative estimate of drug-likeness (QED) is 0.872. The van der Waals surface area contributed by atoms with Crippen LogP contribution in [0.25, 0.3) is 0 Å². The first-order chi connectivity index (χ1) is 10.5. The summed E-state index contributed by atoms with van der Waals surface area (Å²) < 4.78 is 28.4. The van der Waals surface area contributed by atoms with E-state index in [9.17, 15) is 13.6 Å². The molecule has 0 bridgehead atoms. The lowest BCUT2D eigenvalue weighted by Gasteiger charge is -2.13. The van der Waals surface area contributed by atoms with Crippen LogP contribution in [0, 0.1) is 0 Å². The molecule has 0 saturated carbocycles. The fourth-order valence-corrected chi connectivity index (χ4v) is 2.10. The van der Waals surface area contributed by atoms with E-state index in [0.29, 0.717) is 5.56 Å². The standard InChI is InChI=1S/C17H17F2NO2/c1-11(2)14-5-3-4-6-15(14)20-16(21)12-7-9-13(10-8-12)22-17(18)19/h3-11,17H,1-2H3,(H,20,21). The van der Waals surface area contributed by atoms with Crippen LogP contribution in [0.5, 0.6) is 5.75 Å². The van der Waals surface area contributed by atoms with Gasteiger partial charge in [-0.05, 0) is 41.8 Å². The van der Waals surface area contributed by atoms with Crippen LogP contribution in [-0.2, 0) is 0 Å². The van der Waals surface area contributed by atoms with E-state index in [4.69, 9.17) is 0 Å². The molecule has 116 valence electrons. The Bertz CT molecular complexity index is 639. The zero-order valence-electron chi connectivity index (χ0n) is 12.3. The molecule has 0 radical (unpaired) electrons. The third-order valence-electron chi connectivity index (χ3n) is 3.17. The van der Waals surface area contributed by atoms with E-state index in [0.717, 1.165) is 11.3 Å². The van der Waals surface area contributed by atoms with Crippen molar-refractivity contribution < 1.29 is 18.3 Å². The Morgan fingerprint density at radius 3 is 2.27 bits per heavy atom. The van der Waals surface area contributed by atoms with Crippen LogP contribution >= 0.6 is 0 Å². The van der Waals surface area contributed by atoms with E-state index in [1.807, 2.05) is 38.1 Å². The van der Waals surface area contributed by atoms with Crippen molar-refractivity contribution in [2.45, 2.75) is 26.4 Å². The van der Waals surface area contributed by atoms with Crippen LogP contribution in [-0.4, -0.2) is 12.5 Å². The number of carbonyl (C=O) groups excluding carboxylic acids is 1. The molecular weight excluding hydrogens is 288 g/mol. The van der Waals surface area contributed by atoms with Crippen LogP contribution in [0.15, 0.2) is 48.5 Å². The number of para-hydroxylation sites is 1. The number of anilines is 1. The van der Waals surface area contributed by atoms with Gasteiger partial charge in [0, 0.05) is 11.3 Å². The monoisotopic (exact) mass is 305 g/mol. The fraction of sp³-hybridized carbons (Fsp3) is 0.235. The molecular formula is C17H17F2NO2. The van der Waals surface area contributed by atoms with Crippen molar-refractivity contribution in [1.82, 2.24) is 0 Å². The molecule has 5 heteroatoms. The molecule has 0 aliphatic carbocycles. The van der Waals surface area contributed by atoms with Crippen molar-refractivity contribution in [3.8, 4) is 5.75 Å². The zero-order valence-corrected chi connectivity index (χ0v) is 12.3. The van der Waals surface area contributed by atoms with Gasteiger partial charge in [-0.3, -0.25) is 4.79 Å². The molecule has 2 rings (SSSR count). The minimum Gasteiger partial charge on any atom is -0.435 e. The Hall–Kier alpha value is -2.43. The normalized spacial score (nSPS) is 10.8. The number of carbonyl (C=O) groups is 1. The molecule has 0 fully saturated rings. The van der Waals surface area contributed by atoms with Gasteiger partial charge in [0.2, 0.25) is 0 Å². The summed E-state index contributed by atoms with van der Waals surface area (Å²) in [6.45, 7) is 1.21. The number of ether oxygens (including phenoxy) is 1. The van der Waals surface area contributed by atoms with Gasteiger partial charge in [0.25, 0.3) is 5.91 Å². The molecule has 0 aromatic heterocycles. The summed E-state index contributed by atoms with van der Waals surface area (Å²) in [5.74, 6) is 0.00384. The molecule has 0 aliphatic heterocycles. The first-order valence-electron chi connectivity index (χ1n) is 6.92. The minimum atomic E-state index is -2.88. The highest BCUT2D eigenvalue weighted by molar-refractivity contribution is 6.04. The highest BCUT2D eigenvalue weighted by atomic mass is 19.3. The molecule has 2 aromatic carbocycles. The van der Waals surface area contributed by atoms with E-state index in [1.165, 1.54) is 24.3 Å². The summed E-state index contributed by atoms with van der Waals surface area (Å²) in [5, 5.41) is 2.84. The molecule has 0 heterocycles. The number of benzene rings is 2. The molecule has 22 heavy (non-hydrogen) atoms. The highest BCUT2D eigenvalue weighted by Gasteiger charge is 2.11. The molecule has 1 N–H and O–H groups in total. The van der Waals surface area contributed by atoms with Gasteiger partial charge < -0.3 is 10.1 Å². The van der Waals surface area contributed by atoms with Crippen LogP contribution < -0.4 is 10.1 Å². The largest absolute Gasteiger partial charge is 0.435 e. The Morgan fingerprint density at radius 1 is 1.05 bits per heavy atom. The van der Waals surface area contributed by atoms with Crippen molar-refractivity contribution in [2.75, 3.05) is 5.32 Å². The lowest BCUT2D eigenvalue weighted by Crippen LogP contribution is -2.13. The SMILES string of the molecule is CC(C)c1ccccc1NC(=O)c1ccc(OC(F)F)cc1. The van der Waals surface area contributed by atoms with E-state index < -0.39 is 6.61 Å². The lowest BCUT2D eigenvalue weighted by molar-refractivity contribution is -0.0498. The Morgan fingerprint density at radius 2 is 1.68 bits per heavy atom. The van der Waals surface area contributed by atoms with Gasteiger partial charge in [-0.2, -0.15) is 8.78 Å². The molecule has 0 unspecified atom stereocenters. The minimum absolute atomic E-state index is 0.0223. The van der Waals surface area contributed by atoms with Crippen LogP contribution in [0.2, 0.25) is 0 Å². The summed E-state index contributed by atoms with van der Waals surface area (Å²) in [6, 6.07) is 13.1. The van der Waals surface area contributed by atoms with Crippen molar-refractivity contribution in [1.29, 1.82) is 0 Å². The van der Waals surface area contributed by atoms with E-state index in [-0.39, 0.29) is 17.6 Å². The first-order valence-corrected chi connectivity index (χ1v) is 6.92. The number of hydrogen-bond acceptors (Lipinski definition) is 2. The third kappa shape index (κ3) is 4.04. The number of amides is 1. The Balaban J connectivity index is 2.13. The maximum absolute atomic E-state index is 12.2. The summed E-state index contributed by atoms with van der Waals surface area (Å²) in [5.41, 5.74) is 2.16. The predicted octanol–water partition coefficient (Wildman–Crippen LogP) is 4.66. The molecule has 2 aromatic rings. The second kappa shape index (κ2) is 7.02. The molecule has 0 atom stereocenters. The molecule has 0 spiro atoms. The van der Waals surface area contributed by atoms with E-state index in [1.54, 1.807) is 0 Å². The number of rotatable bonds is 5. The van der Waals surface area contributed by atoms with Gasteiger partial charge in [0.1, 0.15) is 5.75 Å². The van der Waals surface area contributed by atoms with Gasteiger partial charge in [0.15, 0.2) is 0 Å². The van der Waals surface area contributed by atoms with Crippen molar-refractivity contribution in [2.24, 2.45) is 0 Å². The average molecular weight is 305 g/mol. The first kappa shape index (κ1) is 15.9. The fourth-order valence-electron chi connectivity index (χ4n) is 2.10. The van der Waals surface area contributed by atoms with Crippen molar-refractivity contribution >= 4 is 11.6 Å². The van der Waals surface area contributed by atoms with E-state index >= 15 is 0 Å². The summed E-state index contributed by atoms with van der Waals surface area (Å²) in [7, 11) is 0. The number of hydrogen-bond donors (Lipinski definition) is 1. The highest BCUT2D eigenvalue weighted by Crippen LogP contribution is 2.24. The number of nitrogens with one attached hydrogen (secondary N) is 1. The summed E-state index contributed by atoms with van der Waals surface area (Å²) in [6.07, 6.45) is 0. The number of halogens is 2. The second-order valence-electron chi connectivity index (χ2n) is 5.10. The molecule has 1 amide bonds. The molecule has 3 nitrogen and oxygen atoms in total. The van der Waals surface area contributed by atoms with Crippen LogP contribution in [0.1, 0.15) is 35.7 Å². The summed E-state index contributed by atoms with van der Waals surface area (Å²) in [4.78, 5) is 12.2. The third-order valence-corrected chi connectivity index (χ3v) is 3.17. The molecule has 0 saturated heterocycles. The van der Waals surface area contributed by atoms with E-state index in [2.05, 4.69) is 10.1 Å². The van der Waals surface area contributed by atoms with Gasteiger partial charge in [0.05, 0.1) is 0 Å². The van der Waals surface area contributed by atoms with Crippen molar-refractivity contribution in [3.63, 3.8) is 0 Å². The maximum Gasteiger partial charge on any atom is 0.387 e.